The monoisotopic (exact) mass is 228 g/mol. The van der Waals surface area contributed by atoms with Gasteiger partial charge in [-0.15, -0.1) is 0 Å². The maximum atomic E-state index is 2.62. The van der Waals surface area contributed by atoms with Crippen molar-refractivity contribution in [2.24, 2.45) is 0 Å². The number of hydrogen-bond acceptors (Lipinski definition) is 0. The topological polar surface area (TPSA) is 3.01 Å². The van der Waals surface area contributed by atoms with Crippen molar-refractivity contribution in [2.45, 2.75) is 51.9 Å². The van der Waals surface area contributed by atoms with Gasteiger partial charge in [-0.2, -0.15) is 4.58 Å². The number of para-hydroxylation sites is 1. The third-order valence-electron chi connectivity index (χ3n) is 4.42. The molecular weight excluding hydrogens is 206 g/mol. The third kappa shape index (κ3) is 1.41. The second-order valence-electron chi connectivity index (χ2n) is 5.89. The van der Waals surface area contributed by atoms with Crippen molar-refractivity contribution in [2.75, 3.05) is 6.54 Å². The molecule has 0 aromatic heterocycles. The summed E-state index contributed by atoms with van der Waals surface area (Å²) in [6.07, 6.45) is 5.05. The van der Waals surface area contributed by atoms with Crippen LogP contribution >= 0.6 is 0 Å². The number of aryl methyl sites for hydroxylation is 1. The Hall–Kier alpha value is -1.11. The summed E-state index contributed by atoms with van der Waals surface area (Å²) in [5.74, 6) is 0. The predicted octanol–water partition coefficient (Wildman–Crippen LogP) is 3.81. The zero-order valence-corrected chi connectivity index (χ0v) is 11.2. The molecule has 2 aliphatic rings. The molecule has 2 aliphatic heterocycles. The molecule has 0 spiro atoms. The SMILES string of the molecule is CCCC1=[N+]2CCCc3cccc(c32)C1(C)C. The van der Waals surface area contributed by atoms with Gasteiger partial charge in [0.1, 0.15) is 6.54 Å². The highest BCUT2D eigenvalue weighted by molar-refractivity contribution is 5.95. The molecule has 1 nitrogen and oxygen atoms in total. The summed E-state index contributed by atoms with van der Waals surface area (Å²) < 4.78 is 2.62. The van der Waals surface area contributed by atoms with Crippen LogP contribution in [0.5, 0.6) is 0 Å². The lowest BCUT2D eigenvalue weighted by Crippen LogP contribution is -2.29. The van der Waals surface area contributed by atoms with Crippen LogP contribution in [0, 0.1) is 0 Å². The molecule has 0 amide bonds. The molecular formula is C16H22N+. The van der Waals surface area contributed by atoms with Gasteiger partial charge < -0.3 is 0 Å². The molecule has 0 saturated heterocycles. The van der Waals surface area contributed by atoms with E-state index < -0.39 is 0 Å². The second-order valence-corrected chi connectivity index (χ2v) is 5.89. The lowest BCUT2D eigenvalue weighted by molar-refractivity contribution is -0.445. The average molecular weight is 228 g/mol. The van der Waals surface area contributed by atoms with E-state index in [4.69, 9.17) is 0 Å². The summed E-state index contributed by atoms with van der Waals surface area (Å²) in [5.41, 5.74) is 6.55. The van der Waals surface area contributed by atoms with E-state index in [0.29, 0.717) is 0 Å². The standard InChI is InChI=1S/C16H22N/c1-4-7-14-16(2,3)13-10-5-8-12-9-6-11-17(14)15(12)13/h5,8,10H,4,6-7,9,11H2,1-3H3/q+1. The second kappa shape index (κ2) is 3.69. The molecule has 0 radical (unpaired) electrons. The molecule has 1 aromatic rings. The fraction of sp³-hybridized carbons (Fsp3) is 0.562. The Labute approximate surface area is 104 Å². The third-order valence-corrected chi connectivity index (χ3v) is 4.42. The summed E-state index contributed by atoms with van der Waals surface area (Å²) in [5, 5.41) is 0. The molecule has 1 heteroatoms. The van der Waals surface area contributed by atoms with Gasteiger partial charge in [0, 0.05) is 24.0 Å². The van der Waals surface area contributed by atoms with Crippen molar-refractivity contribution < 1.29 is 4.58 Å². The first-order chi connectivity index (χ1) is 8.16. The Kier molecular flexibility index (Phi) is 2.39. The summed E-state index contributed by atoms with van der Waals surface area (Å²) >= 11 is 0. The van der Waals surface area contributed by atoms with Crippen LogP contribution in [0.2, 0.25) is 0 Å². The molecule has 3 rings (SSSR count). The summed E-state index contributed by atoms with van der Waals surface area (Å²) in [6, 6.07) is 6.89. The minimum atomic E-state index is 0.242. The fourth-order valence-electron chi connectivity index (χ4n) is 3.60. The van der Waals surface area contributed by atoms with E-state index in [2.05, 4.69) is 43.5 Å². The molecule has 0 N–H and O–H groups in total. The van der Waals surface area contributed by atoms with E-state index >= 15 is 0 Å². The Morgan fingerprint density at radius 3 is 2.88 bits per heavy atom. The zero-order valence-electron chi connectivity index (χ0n) is 11.2. The number of hydrogen-bond donors (Lipinski definition) is 0. The maximum Gasteiger partial charge on any atom is 0.212 e. The summed E-state index contributed by atoms with van der Waals surface area (Å²) in [4.78, 5) is 0. The molecule has 0 saturated carbocycles. The molecule has 0 bridgehead atoms. The molecule has 0 atom stereocenters. The van der Waals surface area contributed by atoms with E-state index in [9.17, 15) is 0 Å². The first-order valence-electron chi connectivity index (χ1n) is 6.92. The van der Waals surface area contributed by atoms with Crippen molar-refractivity contribution in [3.63, 3.8) is 0 Å². The van der Waals surface area contributed by atoms with Crippen LogP contribution in [-0.4, -0.2) is 16.8 Å². The van der Waals surface area contributed by atoms with E-state index in [0.717, 1.165) is 0 Å². The van der Waals surface area contributed by atoms with E-state index in [1.807, 2.05) is 0 Å². The Balaban J connectivity index is 2.26. The van der Waals surface area contributed by atoms with Crippen molar-refractivity contribution in [3.8, 4) is 0 Å². The van der Waals surface area contributed by atoms with Crippen molar-refractivity contribution in [1.29, 1.82) is 0 Å². The molecule has 2 heterocycles. The molecule has 0 aliphatic carbocycles. The van der Waals surface area contributed by atoms with Crippen LogP contribution in [0.4, 0.5) is 5.69 Å². The first kappa shape index (κ1) is 11.0. The summed E-state index contributed by atoms with van der Waals surface area (Å²) in [6.45, 7) is 8.30. The largest absolute Gasteiger partial charge is 0.212 e. The molecule has 90 valence electrons. The highest BCUT2D eigenvalue weighted by Gasteiger charge is 2.46. The Morgan fingerprint density at radius 2 is 2.12 bits per heavy atom. The van der Waals surface area contributed by atoms with Gasteiger partial charge in [0.2, 0.25) is 5.69 Å². The Morgan fingerprint density at radius 1 is 1.29 bits per heavy atom. The van der Waals surface area contributed by atoms with Crippen molar-refractivity contribution in [1.82, 2.24) is 0 Å². The van der Waals surface area contributed by atoms with Gasteiger partial charge in [0.25, 0.3) is 0 Å². The number of benzene rings is 1. The molecule has 1 aromatic carbocycles. The van der Waals surface area contributed by atoms with Gasteiger partial charge in [-0.1, -0.05) is 25.1 Å². The number of rotatable bonds is 2. The van der Waals surface area contributed by atoms with Crippen LogP contribution in [0.3, 0.4) is 0 Å². The van der Waals surface area contributed by atoms with Gasteiger partial charge in [0.15, 0.2) is 5.71 Å². The van der Waals surface area contributed by atoms with Crippen LogP contribution < -0.4 is 0 Å². The van der Waals surface area contributed by atoms with Gasteiger partial charge in [-0.25, -0.2) is 0 Å². The van der Waals surface area contributed by atoms with Gasteiger partial charge >= 0.3 is 0 Å². The normalized spacial score (nSPS) is 20.6. The van der Waals surface area contributed by atoms with Crippen LogP contribution in [0.15, 0.2) is 18.2 Å². The van der Waals surface area contributed by atoms with Gasteiger partial charge in [-0.3, -0.25) is 0 Å². The first-order valence-corrected chi connectivity index (χ1v) is 6.92. The quantitative estimate of drug-likeness (QED) is 0.677. The van der Waals surface area contributed by atoms with E-state index in [1.54, 1.807) is 22.5 Å². The lowest BCUT2D eigenvalue weighted by atomic mass is 9.79. The van der Waals surface area contributed by atoms with Crippen molar-refractivity contribution in [3.05, 3.63) is 29.3 Å². The Bertz CT molecular complexity index is 494. The fourth-order valence-corrected chi connectivity index (χ4v) is 3.60. The minimum Gasteiger partial charge on any atom is -0.199 e. The van der Waals surface area contributed by atoms with Crippen molar-refractivity contribution >= 4 is 11.4 Å². The molecule has 17 heavy (non-hydrogen) atoms. The maximum absolute atomic E-state index is 2.62. The highest BCUT2D eigenvalue weighted by atomic mass is 15.1. The van der Waals surface area contributed by atoms with E-state index in [1.165, 1.54) is 32.2 Å². The molecule has 0 unspecified atom stereocenters. The number of nitrogens with zero attached hydrogens (tertiary/aromatic N) is 1. The van der Waals surface area contributed by atoms with Crippen LogP contribution in [-0.2, 0) is 11.8 Å². The smallest absolute Gasteiger partial charge is 0.199 e. The lowest BCUT2D eigenvalue weighted by Gasteiger charge is -2.17. The summed E-state index contributed by atoms with van der Waals surface area (Å²) in [7, 11) is 0. The predicted molar refractivity (Wildman–Crippen MR) is 72.5 cm³/mol. The van der Waals surface area contributed by atoms with Gasteiger partial charge in [0.05, 0.1) is 5.41 Å². The minimum absolute atomic E-state index is 0.242. The van der Waals surface area contributed by atoms with Crippen LogP contribution in [0.25, 0.3) is 0 Å². The van der Waals surface area contributed by atoms with Gasteiger partial charge in [-0.05, 0) is 26.7 Å². The van der Waals surface area contributed by atoms with E-state index in [-0.39, 0.29) is 5.41 Å². The zero-order chi connectivity index (χ0) is 12.0. The highest BCUT2D eigenvalue weighted by Crippen LogP contribution is 2.44. The average Bonchev–Trinajstić information content (AvgIpc) is 2.54. The molecule has 0 fully saturated rings. The van der Waals surface area contributed by atoms with Crippen LogP contribution in [0.1, 0.15) is 51.2 Å².